The molecule has 0 spiro atoms. The highest BCUT2D eigenvalue weighted by Gasteiger charge is 2.06. The van der Waals surface area contributed by atoms with Gasteiger partial charge >= 0.3 is 0 Å². The van der Waals surface area contributed by atoms with Crippen LogP contribution in [0.4, 0.5) is 5.82 Å². The number of hydrogen-bond donors (Lipinski definition) is 1. The molecule has 0 unspecified atom stereocenters. The number of pyridine rings is 1. The number of methoxy groups -OCH3 is 1. The average Bonchev–Trinajstić information content (AvgIpc) is 2.39. The molecule has 0 atom stereocenters. The fourth-order valence-electron chi connectivity index (χ4n) is 1.90. The summed E-state index contributed by atoms with van der Waals surface area (Å²) < 4.78 is 5.24. The summed E-state index contributed by atoms with van der Waals surface area (Å²) in [6, 6.07) is 8.20. The molecule has 0 fully saturated rings. The Balaban J connectivity index is 2.52. The van der Waals surface area contributed by atoms with Crippen molar-refractivity contribution < 1.29 is 4.74 Å². The van der Waals surface area contributed by atoms with Crippen LogP contribution in [0, 0.1) is 0 Å². The zero-order valence-electron chi connectivity index (χ0n) is 11.0. The van der Waals surface area contributed by atoms with Crippen LogP contribution in [0.3, 0.4) is 0 Å². The smallest absolute Gasteiger partial charge is 0.130 e. The Morgan fingerprint density at radius 1 is 1.33 bits per heavy atom. The summed E-state index contributed by atoms with van der Waals surface area (Å²) in [7, 11) is 1.68. The van der Waals surface area contributed by atoms with Crippen LogP contribution in [0.2, 0.25) is 0 Å². The maximum Gasteiger partial charge on any atom is 0.130 e. The van der Waals surface area contributed by atoms with E-state index in [0.717, 1.165) is 34.8 Å². The molecule has 0 amide bonds. The lowest BCUT2D eigenvalue weighted by Crippen LogP contribution is -2.03. The second-order valence-corrected chi connectivity index (χ2v) is 4.88. The van der Waals surface area contributed by atoms with Gasteiger partial charge in [0.2, 0.25) is 0 Å². The fraction of sp³-hybridized carbons (Fsp3) is 0.357. The van der Waals surface area contributed by atoms with Gasteiger partial charge in [-0.3, -0.25) is 0 Å². The molecule has 0 aliphatic carbocycles. The van der Waals surface area contributed by atoms with Crippen molar-refractivity contribution in [3.05, 3.63) is 29.8 Å². The second-order valence-electron chi connectivity index (χ2n) is 4.02. The average molecular weight is 262 g/mol. The number of ether oxygens (including phenoxy) is 1. The van der Waals surface area contributed by atoms with Gasteiger partial charge in [0, 0.05) is 29.3 Å². The zero-order chi connectivity index (χ0) is 13.0. The number of fused-ring (bicyclic) bond motifs is 1. The van der Waals surface area contributed by atoms with Crippen LogP contribution in [0.25, 0.3) is 10.9 Å². The predicted molar refractivity (Wildman–Crippen MR) is 79.7 cm³/mol. The van der Waals surface area contributed by atoms with E-state index in [1.54, 1.807) is 18.9 Å². The molecule has 0 aliphatic heterocycles. The monoisotopic (exact) mass is 262 g/mol. The van der Waals surface area contributed by atoms with Crippen LogP contribution in [-0.4, -0.2) is 24.9 Å². The molecule has 96 valence electrons. The van der Waals surface area contributed by atoms with Crippen LogP contribution in [0.5, 0.6) is 5.75 Å². The van der Waals surface area contributed by atoms with Crippen molar-refractivity contribution in [2.75, 3.05) is 25.2 Å². The van der Waals surface area contributed by atoms with E-state index in [4.69, 9.17) is 4.74 Å². The summed E-state index contributed by atoms with van der Waals surface area (Å²) in [5.74, 6) is 2.79. The summed E-state index contributed by atoms with van der Waals surface area (Å²) in [6.07, 6.45) is 2.11. The molecule has 1 aromatic carbocycles. The molecule has 0 bridgehead atoms. The maximum atomic E-state index is 5.24. The number of anilines is 1. The highest BCUT2D eigenvalue weighted by molar-refractivity contribution is 7.97. The van der Waals surface area contributed by atoms with E-state index in [1.807, 2.05) is 12.1 Å². The summed E-state index contributed by atoms with van der Waals surface area (Å²) in [4.78, 5) is 4.69. The molecule has 4 heteroatoms. The number of nitrogens with zero attached hydrogens (tertiary/aromatic N) is 1. The highest BCUT2D eigenvalue weighted by Crippen LogP contribution is 2.26. The molecule has 2 aromatic rings. The minimum absolute atomic E-state index is 0.843. The number of aromatic nitrogens is 1. The first-order chi connectivity index (χ1) is 8.78. The Morgan fingerprint density at radius 3 is 2.83 bits per heavy atom. The SMILES string of the molecule is CCNc1nc2cc(OC)ccc2cc1CSC. The van der Waals surface area contributed by atoms with Crippen LogP contribution in [-0.2, 0) is 5.75 Å². The highest BCUT2D eigenvalue weighted by atomic mass is 32.2. The molecular formula is C14H18N2OS. The Kier molecular flexibility index (Phi) is 4.31. The lowest BCUT2D eigenvalue weighted by atomic mass is 10.1. The van der Waals surface area contributed by atoms with Gasteiger partial charge in [-0.15, -0.1) is 0 Å². The fourth-order valence-corrected chi connectivity index (χ4v) is 2.43. The number of thioether (sulfide) groups is 1. The van der Waals surface area contributed by atoms with Gasteiger partial charge in [0.25, 0.3) is 0 Å². The minimum Gasteiger partial charge on any atom is -0.497 e. The van der Waals surface area contributed by atoms with E-state index in [0.29, 0.717) is 0 Å². The molecule has 0 aliphatic rings. The Bertz CT molecular complexity index is 543. The van der Waals surface area contributed by atoms with E-state index >= 15 is 0 Å². The van der Waals surface area contributed by atoms with E-state index in [2.05, 4.69) is 35.6 Å². The standard InChI is InChI=1S/C14H18N2OS/c1-4-15-14-11(9-18-3)7-10-5-6-12(17-2)8-13(10)16-14/h5-8H,4,9H2,1-3H3,(H,15,16). The van der Waals surface area contributed by atoms with Crippen molar-refractivity contribution >= 4 is 28.5 Å². The first kappa shape index (κ1) is 13.0. The predicted octanol–water partition coefficient (Wildman–Crippen LogP) is 3.54. The molecule has 1 heterocycles. The van der Waals surface area contributed by atoms with Gasteiger partial charge in [-0.1, -0.05) is 0 Å². The van der Waals surface area contributed by atoms with Crippen molar-refractivity contribution in [1.29, 1.82) is 0 Å². The van der Waals surface area contributed by atoms with E-state index in [1.165, 1.54) is 5.56 Å². The Labute approximate surface area is 112 Å². The van der Waals surface area contributed by atoms with Crippen molar-refractivity contribution in [2.24, 2.45) is 0 Å². The molecule has 3 nitrogen and oxygen atoms in total. The van der Waals surface area contributed by atoms with Gasteiger partial charge in [0.1, 0.15) is 11.6 Å². The van der Waals surface area contributed by atoms with E-state index < -0.39 is 0 Å². The third-order valence-corrected chi connectivity index (χ3v) is 3.35. The van der Waals surface area contributed by atoms with Crippen molar-refractivity contribution in [3.63, 3.8) is 0 Å². The van der Waals surface area contributed by atoms with Crippen LogP contribution < -0.4 is 10.1 Å². The van der Waals surface area contributed by atoms with Crippen molar-refractivity contribution in [1.82, 2.24) is 4.98 Å². The molecule has 0 saturated heterocycles. The second kappa shape index (κ2) is 5.96. The Morgan fingerprint density at radius 2 is 2.17 bits per heavy atom. The number of benzene rings is 1. The van der Waals surface area contributed by atoms with E-state index in [-0.39, 0.29) is 0 Å². The quantitative estimate of drug-likeness (QED) is 0.893. The first-order valence-corrected chi connectivity index (χ1v) is 7.38. The van der Waals surface area contributed by atoms with Gasteiger partial charge in [-0.2, -0.15) is 11.8 Å². The lowest BCUT2D eigenvalue weighted by molar-refractivity contribution is 0.415. The maximum absolute atomic E-state index is 5.24. The van der Waals surface area contributed by atoms with Gasteiger partial charge in [0.05, 0.1) is 12.6 Å². The zero-order valence-corrected chi connectivity index (χ0v) is 11.8. The van der Waals surface area contributed by atoms with E-state index in [9.17, 15) is 0 Å². The molecule has 0 saturated carbocycles. The van der Waals surface area contributed by atoms with Crippen LogP contribution in [0.1, 0.15) is 12.5 Å². The van der Waals surface area contributed by atoms with Gasteiger partial charge in [-0.25, -0.2) is 4.98 Å². The van der Waals surface area contributed by atoms with Crippen LogP contribution in [0.15, 0.2) is 24.3 Å². The number of nitrogens with one attached hydrogen (secondary N) is 1. The minimum atomic E-state index is 0.843. The molecule has 0 radical (unpaired) electrons. The van der Waals surface area contributed by atoms with Gasteiger partial charge in [-0.05, 0) is 31.4 Å². The first-order valence-electron chi connectivity index (χ1n) is 5.99. The number of rotatable bonds is 5. The molecular weight excluding hydrogens is 244 g/mol. The Hall–Kier alpha value is -1.42. The van der Waals surface area contributed by atoms with Crippen molar-refractivity contribution in [3.8, 4) is 5.75 Å². The van der Waals surface area contributed by atoms with Gasteiger partial charge in [0.15, 0.2) is 0 Å². The lowest BCUT2D eigenvalue weighted by Gasteiger charge is -2.11. The molecule has 18 heavy (non-hydrogen) atoms. The third kappa shape index (κ3) is 2.70. The third-order valence-electron chi connectivity index (χ3n) is 2.75. The van der Waals surface area contributed by atoms with Gasteiger partial charge < -0.3 is 10.1 Å². The molecule has 1 aromatic heterocycles. The largest absolute Gasteiger partial charge is 0.497 e. The molecule has 2 rings (SSSR count). The number of hydrogen-bond acceptors (Lipinski definition) is 4. The summed E-state index contributed by atoms with van der Waals surface area (Å²) in [5, 5.41) is 4.48. The summed E-state index contributed by atoms with van der Waals surface area (Å²) in [5.41, 5.74) is 2.22. The van der Waals surface area contributed by atoms with Crippen molar-refractivity contribution in [2.45, 2.75) is 12.7 Å². The topological polar surface area (TPSA) is 34.2 Å². The normalized spacial score (nSPS) is 10.6. The summed E-state index contributed by atoms with van der Waals surface area (Å²) in [6.45, 7) is 2.96. The summed E-state index contributed by atoms with van der Waals surface area (Å²) >= 11 is 1.81. The van der Waals surface area contributed by atoms with Crippen LogP contribution >= 0.6 is 11.8 Å². The molecule has 1 N–H and O–H groups in total.